The van der Waals surface area contributed by atoms with Crippen molar-refractivity contribution in [3.8, 4) is 11.1 Å². The number of hydrogen-bond donors (Lipinski definition) is 3. The van der Waals surface area contributed by atoms with Gasteiger partial charge < -0.3 is 11.1 Å². The number of pyridine rings is 1. The SMILES string of the molecule is Cl.NCc1ccc(-c2ccc(F)cc2S(=O)(=O)Nc2cnc3c(c2)C(=O)NCC3)cc1. The second-order valence-electron chi connectivity index (χ2n) is 6.87. The van der Waals surface area contributed by atoms with Crippen LogP contribution >= 0.6 is 12.4 Å². The summed E-state index contributed by atoms with van der Waals surface area (Å²) in [6, 6.07) is 12.1. The number of hydrogen-bond acceptors (Lipinski definition) is 5. The van der Waals surface area contributed by atoms with Crippen LogP contribution in [0.1, 0.15) is 21.6 Å². The lowest BCUT2D eigenvalue weighted by Gasteiger charge is -2.17. The van der Waals surface area contributed by atoms with Gasteiger partial charge in [0.1, 0.15) is 5.82 Å². The summed E-state index contributed by atoms with van der Waals surface area (Å²) in [6.07, 6.45) is 1.92. The molecule has 162 valence electrons. The number of nitrogens with one attached hydrogen (secondary N) is 2. The summed E-state index contributed by atoms with van der Waals surface area (Å²) < 4.78 is 42.6. The van der Waals surface area contributed by atoms with E-state index in [1.165, 1.54) is 24.4 Å². The Morgan fingerprint density at radius 3 is 2.55 bits per heavy atom. The zero-order valence-corrected chi connectivity index (χ0v) is 17.9. The molecule has 1 aliphatic heterocycles. The van der Waals surface area contributed by atoms with Gasteiger partial charge in [-0.2, -0.15) is 0 Å². The predicted octanol–water partition coefficient (Wildman–Crippen LogP) is 2.85. The van der Waals surface area contributed by atoms with Crippen molar-refractivity contribution in [1.82, 2.24) is 10.3 Å². The fourth-order valence-electron chi connectivity index (χ4n) is 3.32. The lowest BCUT2D eigenvalue weighted by molar-refractivity contribution is 0.0945. The minimum Gasteiger partial charge on any atom is -0.352 e. The van der Waals surface area contributed by atoms with Gasteiger partial charge >= 0.3 is 0 Å². The third-order valence-corrected chi connectivity index (χ3v) is 6.27. The van der Waals surface area contributed by atoms with Gasteiger partial charge in [-0.3, -0.25) is 14.5 Å². The largest absolute Gasteiger partial charge is 0.352 e. The van der Waals surface area contributed by atoms with E-state index in [-0.39, 0.29) is 28.9 Å². The Balaban J connectivity index is 0.00000272. The van der Waals surface area contributed by atoms with E-state index in [9.17, 15) is 17.6 Å². The first kappa shape index (κ1) is 22.7. The van der Waals surface area contributed by atoms with Crippen LogP contribution in [0.4, 0.5) is 10.1 Å². The molecule has 0 saturated carbocycles. The minimum atomic E-state index is -4.16. The van der Waals surface area contributed by atoms with E-state index in [4.69, 9.17) is 5.73 Å². The topological polar surface area (TPSA) is 114 Å². The first-order valence-electron chi connectivity index (χ1n) is 9.26. The molecule has 3 aromatic rings. The van der Waals surface area contributed by atoms with Gasteiger partial charge in [0.05, 0.1) is 28.0 Å². The zero-order chi connectivity index (χ0) is 21.3. The number of amides is 1. The van der Waals surface area contributed by atoms with E-state index in [0.29, 0.717) is 41.9 Å². The Hall–Kier alpha value is -3.01. The Labute approximate surface area is 185 Å². The number of benzene rings is 2. The number of halogens is 2. The molecule has 10 heteroatoms. The summed E-state index contributed by atoms with van der Waals surface area (Å²) in [5.74, 6) is -0.989. The van der Waals surface area contributed by atoms with Gasteiger partial charge in [0, 0.05) is 25.1 Å². The summed E-state index contributed by atoms with van der Waals surface area (Å²) in [4.78, 5) is 16.0. The lowest BCUT2D eigenvalue weighted by atomic mass is 10.0. The molecule has 0 fully saturated rings. The van der Waals surface area contributed by atoms with Crippen LogP contribution in [0.2, 0.25) is 0 Å². The highest BCUT2D eigenvalue weighted by molar-refractivity contribution is 7.92. The fourth-order valence-corrected chi connectivity index (χ4v) is 4.60. The van der Waals surface area contributed by atoms with Crippen LogP contribution in [0.3, 0.4) is 0 Å². The number of rotatable bonds is 5. The second-order valence-corrected chi connectivity index (χ2v) is 8.52. The lowest BCUT2D eigenvalue weighted by Crippen LogP contribution is -2.32. The number of carbonyl (C=O) groups is 1. The maximum absolute atomic E-state index is 14.0. The van der Waals surface area contributed by atoms with Crippen molar-refractivity contribution in [3.05, 3.63) is 77.4 Å². The second kappa shape index (κ2) is 9.01. The van der Waals surface area contributed by atoms with Gasteiger partial charge in [-0.05, 0) is 29.3 Å². The smallest absolute Gasteiger partial charge is 0.262 e. The van der Waals surface area contributed by atoms with Crippen LogP contribution < -0.4 is 15.8 Å². The first-order valence-corrected chi connectivity index (χ1v) is 10.7. The normalized spacial score (nSPS) is 13.0. The number of fused-ring (bicyclic) bond motifs is 1. The van der Waals surface area contributed by atoms with Gasteiger partial charge in [0.2, 0.25) is 0 Å². The molecule has 4 N–H and O–H groups in total. The van der Waals surface area contributed by atoms with Crippen LogP contribution in [-0.4, -0.2) is 25.9 Å². The highest BCUT2D eigenvalue weighted by Gasteiger charge is 2.23. The molecule has 0 unspecified atom stereocenters. The van der Waals surface area contributed by atoms with Gasteiger partial charge in [0.15, 0.2) is 0 Å². The van der Waals surface area contributed by atoms with E-state index < -0.39 is 15.8 Å². The van der Waals surface area contributed by atoms with Gasteiger partial charge in [0.25, 0.3) is 15.9 Å². The summed E-state index contributed by atoms with van der Waals surface area (Å²) >= 11 is 0. The Kier molecular flexibility index (Phi) is 6.59. The summed E-state index contributed by atoms with van der Waals surface area (Å²) in [7, 11) is -4.16. The zero-order valence-electron chi connectivity index (χ0n) is 16.3. The average Bonchev–Trinajstić information content (AvgIpc) is 2.74. The Bertz CT molecular complexity index is 1230. The van der Waals surface area contributed by atoms with Crippen molar-refractivity contribution < 1.29 is 17.6 Å². The molecule has 2 aromatic carbocycles. The van der Waals surface area contributed by atoms with E-state index in [2.05, 4.69) is 15.0 Å². The maximum atomic E-state index is 14.0. The van der Waals surface area contributed by atoms with Crippen LogP contribution in [0.5, 0.6) is 0 Å². The van der Waals surface area contributed by atoms with Gasteiger partial charge in [-0.25, -0.2) is 12.8 Å². The number of nitrogens with zero attached hydrogens (tertiary/aromatic N) is 1. The number of nitrogens with two attached hydrogens (primary N) is 1. The molecular weight excluding hydrogens is 443 g/mol. The van der Waals surface area contributed by atoms with E-state index in [1.54, 1.807) is 24.3 Å². The molecular formula is C21H20ClFN4O3S. The van der Waals surface area contributed by atoms with E-state index >= 15 is 0 Å². The Morgan fingerprint density at radius 1 is 1.10 bits per heavy atom. The molecule has 0 spiro atoms. The highest BCUT2D eigenvalue weighted by Crippen LogP contribution is 2.30. The van der Waals surface area contributed by atoms with Crippen LogP contribution in [-0.2, 0) is 23.0 Å². The molecule has 7 nitrogen and oxygen atoms in total. The molecule has 0 saturated heterocycles. The summed E-state index contributed by atoms with van der Waals surface area (Å²) in [5, 5.41) is 2.69. The standard InChI is InChI=1S/C21H19FN4O3S.ClH/c22-15-5-6-17(14-3-1-13(11-23)2-4-14)20(9-15)30(28,29)26-16-10-18-19(25-12-16)7-8-24-21(18)27;/h1-6,9-10,12,26H,7-8,11,23H2,(H,24,27);1H. The fraction of sp³-hybridized carbons (Fsp3) is 0.143. The third-order valence-electron chi connectivity index (χ3n) is 4.85. The highest BCUT2D eigenvalue weighted by atomic mass is 35.5. The van der Waals surface area contributed by atoms with Crippen molar-refractivity contribution in [2.24, 2.45) is 5.73 Å². The molecule has 4 rings (SSSR count). The molecule has 0 bridgehead atoms. The van der Waals surface area contributed by atoms with E-state index in [1.807, 2.05) is 0 Å². The predicted molar refractivity (Wildman–Crippen MR) is 118 cm³/mol. The van der Waals surface area contributed by atoms with Gasteiger partial charge in [-0.1, -0.05) is 30.3 Å². The molecule has 1 aliphatic rings. The summed E-state index contributed by atoms with van der Waals surface area (Å²) in [5.41, 5.74) is 8.50. The van der Waals surface area contributed by atoms with Crippen LogP contribution in [0.25, 0.3) is 11.1 Å². The van der Waals surface area contributed by atoms with Gasteiger partial charge in [-0.15, -0.1) is 12.4 Å². The van der Waals surface area contributed by atoms with Crippen molar-refractivity contribution >= 4 is 34.0 Å². The number of carbonyl (C=O) groups excluding carboxylic acids is 1. The van der Waals surface area contributed by atoms with E-state index in [0.717, 1.165) is 11.6 Å². The minimum absolute atomic E-state index is 0. The molecule has 31 heavy (non-hydrogen) atoms. The first-order chi connectivity index (χ1) is 14.4. The Morgan fingerprint density at radius 2 is 1.84 bits per heavy atom. The van der Waals surface area contributed by atoms with Crippen molar-refractivity contribution in [3.63, 3.8) is 0 Å². The quantitative estimate of drug-likeness (QED) is 0.539. The average molecular weight is 463 g/mol. The number of aromatic nitrogens is 1. The molecule has 0 atom stereocenters. The maximum Gasteiger partial charge on any atom is 0.262 e. The van der Waals surface area contributed by atoms with Crippen LogP contribution in [0, 0.1) is 5.82 Å². The van der Waals surface area contributed by atoms with Crippen LogP contribution in [0.15, 0.2) is 59.6 Å². The number of sulfonamides is 1. The molecule has 0 aliphatic carbocycles. The number of anilines is 1. The molecule has 1 amide bonds. The molecule has 2 heterocycles. The molecule has 0 radical (unpaired) electrons. The third kappa shape index (κ3) is 4.68. The monoisotopic (exact) mass is 462 g/mol. The summed E-state index contributed by atoms with van der Waals surface area (Å²) in [6.45, 7) is 0.842. The van der Waals surface area contributed by atoms with Crippen molar-refractivity contribution in [2.75, 3.05) is 11.3 Å². The van der Waals surface area contributed by atoms with Crippen molar-refractivity contribution in [2.45, 2.75) is 17.9 Å². The van der Waals surface area contributed by atoms with Crippen molar-refractivity contribution in [1.29, 1.82) is 0 Å². The molecule has 1 aromatic heterocycles.